The number of aryl methyl sites for hydroxylation is 1. The number of nitrogens with zero attached hydrogens (tertiary/aromatic N) is 1. The Kier molecular flexibility index (Phi) is 8.39. The Labute approximate surface area is 147 Å². The van der Waals surface area contributed by atoms with Gasteiger partial charge in [0.15, 0.2) is 0 Å². The van der Waals surface area contributed by atoms with Crippen LogP contribution in [0.1, 0.15) is 24.8 Å². The first kappa shape index (κ1) is 19.4. The number of hydrogen-bond acceptors (Lipinski definition) is 3. The van der Waals surface area contributed by atoms with E-state index in [-0.39, 0.29) is 18.3 Å². The molecule has 1 fully saturated rings. The number of carbonyl (C=O) groups excluding carboxylic acids is 1. The Balaban J connectivity index is 0.00000242. The zero-order valence-electron chi connectivity index (χ0n) is 13.2. The van der Waals surface area contributed by atoms with Crippen molar-refractivity contribution in [3.8, 4) is 0 Å². The lowest BCUT2D eigenvalue weighted by Gasteiger charge is -2.26. The smallest absolute Gasteiger partial charge is 0.238 e. The fourth-order valence-corrected chi connectivity index (χ4v) is 2.97. The van der Waals surface area contributed by atoms with E-state index in [4.69, 9.17) is 0 Å². The SMILES string of the molecule is Cc1cc(NC(=O)CN(C)C2CCCNCC2)ccc1Br.Cl. The van der Waals surface area contributed by atoms with E-state index in [9.17, 15) is 4.79 Å². The van der Waals surface area contributed by atoms with Gasteiger partial charge in [-0.3, -0.25) is 9.69 Å². The van der Waals surface area contributed by atoms with Gasteiger partial charge in [-0.25, -0.2) is 0 Å². The molecule has 6 heteroatoms. The number of nitrogens with one attached hydrogen (secondary N) is 2. The predicted molar refractivity (Wildman–Crippen MR) is 97.9 cm³/mol. The van der Waals surface area contributed by atoms with E-state index in [1.165, 1.54) is 6.42 Å². The first-order chi connectivity index (χ1) is 10.1. The molecule has 0 aliphatic carbocycles. The molecule has 1 aromatic rings. The summed E-state index contributed by atoms with van der Waals surface area (Å²) < 4.78 is 1.06. The van der Waals surface area contributed by atoms with Crippen LogP contribution in [-0.2, 0) is 4.79 Å². The van der Waals surface area contributed by atoms with Crippen molar-refractivity contribution in [3.05, 3.63) is 28.2 Å². The summed E-state index contributed by atoms with van der Waals surface area (Å²) in [6.45, 7) is 4.60. The molecule has 0 bridgehead atoms. The summed E-state index contributed by atoms with van der Waals surface area (Å²) in [5.41, 5.74) is 1.98. The molecule has 1 atom stereocenters. The number of halogens is 2. The Morgan fingerprint density at radius 1 is 1.41 bits per heavy atom. The third kappa shape index (κ3) is 5.88. The van der Waals surface area contributed by atoms with Crippen LogP contribution in [0.3, 0.4) is 0 Å². The van der Waals surface area contributed by atoms with Gasteiger partial charge in [0.2, 0.25) is 5.91 Å². The second-order valence-electron chi connectivity index (χ2n) is 5.76. The molecular formula is C16H25BrClN3O. The van der Waals surface area contributed by atoms with Crippen LogP contribution in [0.2, 0.25) is 0 Å². The molecule has 4 nitrogen and oxygen atoms in total. The van der Waals surface area contributed by atoms with Crippen molar-refractivity contribution in [3.63, 3.8) is 0 Å². The van der Waals surface area contributed by atoms with E-state index in [1.807, 2.05) is 32.2 Å². The molecule has 2 rings (SSSR count). The molecule has 1 aromatic carbocycles. The maximum atomic E-state index is 12.2. The molecule has 124 valence electrons. The van der Waals surface area contributed by atoms with E-state index in [0.29, 0.717) is 12.6 Å². The van der Waals surface area contributed by atoms with Gasteiger partial charge in [-0.15, -0.1) is 12.4 Å². The lowest BCUT2D eigenvalue weighted by molar-refractivity contribution is -0.117. The Morgan fingerprint density at radius 2 is 2.18 bits per heavy atom. The fraction of sp³-hybridized carbons (Fsp3) is 0.562. The van der Waals surface area contributed by atoms with Gasteiger partial charge in [0.25, 0.3) is 0 Å². The van der Waals surface area contributed by atoms with Crippen LogP contribution < -0.4 is 10.6 Å². The van der Waals surface area contributed by atoms with E-state index in [0.717, 1.165) is 41.7 Å². The summed E-state index contributed by atoms with van der Waals surface area (Å²) in [7, 11) is 2.04. The zero-order valence-corrected chi connectivity index (χ0v) is 15.6. The summed E-state index contributed by atoms with van der Waals surface area (Å²) in [6.07, 6.45) is 3.46. The van der Waals surface area contributed by atoms with Crippen LogP contribution in [0.5, 0.6) is 0 Å². The summed E-state index contributed by atoms with van der Waals surface area (Å²) >= 11 is 3.47. The summed E-state index contributed by atoms with van der Waals surface area (Å²) in [5.74, 6) is 0.0522. The largest absolute Gasteiger partial charge is 0.325 e. The highest BCUT2D eigenvalue weighted by Crippen LogP contribution is 2.20. The van der Waals surface area contributed by atoms with Crippen LogP contribution in [0, 0.1) is 6.92 Å². The predicted octanol–water partition coefficient (Wildman–Crippen LogP) is 3.19. The molecule has 0 aromatic heterocycles. The van der Waals surface area contributed by atoms with E-state index < -0.39 is 0 Å². The van der Waals surface area contributed by atoms with Crippen LogP contribution in [-0.4, -0.2) is 43.5 Å². The monoisotopic (exact) mass is 389 g/mol. The topological polar surface area (TPSA) is 44.4 Å². The van der Waals surface area contributed by atoms with Gasteiger partial charge in [0.05, 0.1) is 6.54 Å². The molecule has 0 radical (unpaired) electrons. The molecule has 2 N–H and O–H groups in total. The molecule has 1 amide bonds. The van der Waals surface area contributed by atoms with Crippen molar-refractivity contribution >= 4 is 39.9 Å². The van der Waals surface area contributed by atoms with Gasteiger partial charge < -0.3 is 10.6 Å². The first-order valence-corrected chi connectivity index (χ1v) is 8.32. The second kappa shape index (κ2) is 9.50. The first-order valence-electron chi connectivity index (χ1n) is 7.53. The number of carbonyl (C=O) groups is 1. The molecule has 22 heavy (non-hydrogen) atoms. The minimum absolute atomic E-state index is 0. The highest BCUT2D eigenvalue weighted by atomic mass is 79.9. The minimum Gasteiger partial charge on any atom is -0.325 e. The number of likely N-dealkylation sites (N-methyl/N-ethyl adjacent to an activating group) is 1. The number of rotatable bonds is 4. The maximum Gasteiger partial charge on any atom is 0.238 e. The molecule has 1 unspecified atom stereocenters. The van der Waals surface area contributed by atoms with Crippen molar-refractivity contribution in [2.45, 2.75) is 32.2 Å². The second-order valence-corrected chi connectivity index (χ2v) is 6.62. The molecular weight excluding hydrogens is 366 g/mol. The van der Waals surface area contributed by atoms with Crippen molar-refractivity contribution in [2.75, 3.05) is 32.0 Å². The van der Waals surface area contributed by atoms with Gasteiger partial charge in [0, 0.05) is 16.2 Å². The molecule has 0 saturated carbocycles. The number of hydrogen-bond donors (Lipinski definition) is 2. The number of benzene rings is 1. The zero-order chi connectivity index (χ0) is 15.2. The van der Waals surface area contributed by atoms with Crippen LogP contribution in [0.25, 0.3) is 0 Å². The minimum atomic E-state index is 0. The van der Waals surface area contributed by atoms with Crippen molar-refractivity contribution in [1.29, 1.82) is 0 Å². The highest BCUT2D eigenvalue weighted by Gasteiger charge is 2.18. The van der Waals surface area contributed by atoms with Crippen LogP contribution in [0.4, 0.5) is 5.69 Å². The quantitative estimate of drug-likeness (QED) is 0.830. The molecule has 1 aliphatic heterocycles. The molecule has 1 saturated heterocycles. The third-order valence-corrected chi connectivity index (χ3v) is 4.89. The Hall–Kier alpha value is -0.620. The number of anilines is 1. The van der Waals surface area contributed by atoms with Crippen molar-refractivity contribution < 1.29 is 4.79 Å². The average molecular weight is 391 g/mol. The molecule has 0 spiro atoms. The lowest BCUT2D eigenvalue weighted by Crippen LogP contribution is -2.38. The third-order valence-electron chi connectivity index (χ3n) is 4.00. The van der Waals surface area contributed by atoms with Crippen LogP contribution in [0.15, 0.2) is 22.7 Å². The Morgan fingerprint density at radius 3 is 2.91 bits per heavy atom. The van der Waals surface area contributed by atoms with E-state index in [2.05, 4.69) is 31.5 Å². The average Bonchev–Trinajstić information content (AvgIpc) is 2.72. The highest BCUT2D eigenvalue weighted by molar-refractivity contribution is 9.10. The van der Waals surface area contributed by atoms with Crippen molar-refractivity contribution in [2.24, 2.45) is 0 Å². The van der Waals surface area contributed by atoms with Crippen molar-refractivity contribution in [1.82, 2.24) is 10.2 Å². The van der Waals surface area contributed by atoms with Gasteiger partial charge in [-0.2, -0.15) is 0 Å². The Bertz CT molecular complexity index is 490. The lowest BCUT2D eigenvalue weighted by atomic mass is 10.1. The summed E-state index contributed by atoms with van der Waals surface area (Å²) in [6, 6.07) is 6.37. The van der Waals surface area contributed by atoms with E-state index in [1.54, 1.807) is 0 Å². The summed E-state index contributed by atoms with van der Waals surface area (Å²) in [5, 5.41) is 6.38. The molecule has 1 aliphatic rings. The summed E-state index contributed by atoms with van der Waals surface area (Å²) in [4.78, 5) is 14.3. The van der Waals surface area contributed by atoms with Gasteiger partial charge >= 0.3 is 0 Å². The van der Waals surface area contributed by atoms with Gasteiger partial charge in [0.1, 0.15) is 0 Å². The van der Waals surface area contributed by atoms with Crippen LogP contribution >= 0.6 is 28.3 Å². The van der Waals surface area contributed by atoms with E-state index >= 15 is 0 Å². The fourth-order valence-electron chi connectivity index (χ4n) is 2.72. The molecule has 1 heterocycles. The standard InChI is InChI=1S/C16H24BrN3O.ClH/c1-12-10-13(5-6-15(12)17)19-16(21)11-20(2)14-4-3-8-18-9-7-14;/h5-6,10,14,18H,3-4,7-9,11H2,1-2H3,(H,19,21);1H. The van der Waals surface area contributed by atoms with Gasteiger partial charge in [-0.1, -0.05) is 15.9 Å². The number of amides is 1. The normalized spacial score (nSPS) is 18.5. The maximum absolute atomic E-state index is 12.2. The van der Waals surface area contributed by atoms with Gasteiger partial charge in [-0.05, 0) is 70.1 Å².